The molecule has 1 aliphatic rings. The van der Waals surface area contributed by atoms with Gasteiger partial charge in [-0.3, -0.25) is 20.2 Å². The van der Waals surface area contributed by atoms with Gasteiger partial charge in [-0.25, -0.2) is 4.39 Å². The first-order valence-electron chi connectivity index (χ1n) is 6.05. The Kier molecular flexibility index (Phi) is 3.80. The zero-order valence-electron chi connectivity index (χ0n) is 10.4. The fraction of sp³-hybridized carbons (Fsp3) is 0.385. The van der Waals surface area contributed by atoms with Gasteiger partial charge >= 0.3 is 0 Å². The molecule has 0 aromatic heterocycles. The van der Waals surface area contributed by atoms with Crippen molar-refractivity contribution in [3.63, 3.8) is 0 Å². The molecule has 2 rings (SSSR count). The van der Waals surface area contributed by atoms with E-state index in [1.54, 1.807) is 6.92 Å². The van der Waals surface area contributed by atoms with Crippen LogP contribution in [0.1, 0.15) is 31.4 Å². The summed E-state index contributed by atoms with van der Waals surface area (Å²) in [5, 5.41) is 14.9. The van der Waals surface area contributed by atoms with Crippen LogP contribution < -0.4 is 10.6 Å². The van der Waals surface area contributed by atoms with Crippen LogP contribution in [0.15, 0.2) is 18.2 Å². The molecule has 1 heterocycles. The van der Waals surface area contributed by atoms with Gasteiger partial charge in [0, 0.05) is 24.1 Å². The molecule has 1 aromatic carbocycles. The maximum atomic E-state index is 12.9. The van der Waals surface area contributed by atoms with Gasteiger partial charge in [0.05, 0.1) is 6.04 Å². The Hall–Kier alpha value is -1.95. The number of hydrogen-bond donors (Lipinski definition) is 3. The van der Waals surface area contributed by atoms with Crippen LogP contribution in [0.3, 0.4) is 0 Å². The minimum absolute atomic E-state index is 0.160. The number of halogens is 1. The van der Waals surface area contributed by atoms with Gasteiger partial charge in [0.25, 0.3) is 0 Å². The average Bonchev–Trinajstić information content (AvgIpc) is 2.32. The van der Waals surface area contributed by atoms with E-state index in [0.29, 0.717) is 12.0 Å². The van der Waals surface area contributed by atoms with Crippen LogP contribution in [0.2, 0.25) is 0 Å². The molecule has 2 atom stereocenters. The van der Waals surface area contributed by atoms with Crippen LogP contribution in [-0.4, -0.2) is 23.0 Å². The van der Waals surface area contributed by atoms with Crippen molar-refractivity contribution in [1.29, 1.82) is 0 Å². The van der Waals surface area contributed by atoms with Crippen molar-refractivity contribution in [2.24, 2.45) is 0 Å². The summed E-state index contributed by atoms with van der Waals surface area (Å²) in [6, 6.07) is 2.92. The average molecular weight is 266 g/mol. The number of piperidine rings is 1. The summed E-state index contributed by atoms with van der Waals surface area (Å²) in [4.78, 5) is 22.6. The highest BCUT2D eigenvalue weighted by Gasteiger charge is 2.28. The van der Waals surface area contributed by atoms with E-state index in [2.05, 4.69) is 10.6 Å². The molecule has 102 valence electrons. The van der Waals surface area contributed by atoms with E-state index in [4.69, 9.17) is 0 Å². The number of phenolic OH excluding ortho intramolecular Hbond substituents is 1. The van der Waals surface area contributed by atoms with Crippen molar-refractivity contribution < 1.29 is 19.1 Å². The number of benzene rings is 1. The maximum Gasteiger partial charge on any atom is 0.243 e. The monoisotopic (exact) mass is 266 g/mol. The quantitative estimate of drug-likeness (QED) is 0.713. The molecule has 3 N–H and O–H groups in total. The summed E-state index contributed by atoms with van der Waals surface area (Å²) >= 11 is 0. The Morgan fingerprint density at radius 3 is 2.84 bits per heavy atom. The van der Waals surface area contributed by atoms with Crippen molar-refractivity contribution in [3.05, 3.63) is 29.6 Å². The fourth-order valence-corrected chi connectivity index (χ4v) is 2.13. The third-order valence-corrected chi connectivity index (χ3v) is 3.15. The van der Waals surface area contributed by atoms with Crippen LogP contribution in [0.4, 0.5) is 4.39 Å². The summed E-state index contributed by atoms with van der Waals surface area (Å²) in [6.45, 7) is 1.76. The molecule has 2 unspecified atom stereocenters. The van der Waals surface area contributed by atoms with E-state index in [9.17, 15) is 19.1 Å². The summed E-state index contributed by atoms with van der Waals surface area (Å²) in [5.74, 6) is -1.33. The molecule has 2 amide bonds. The van der Waals surface area contributed by atoms with Crippen molar-refractivity contribution in [2.45, 2.75) is 31.8 Å². The standard InChI is InChI=1S/C13H15FN2O3/c1-7(9-3-2-8(14)6-11(9)17)15-10-4-5-12(18)16-13(10)19/h2-3,6-7,10,15,17H,4-5H2,1H3,(H,16,18,19). The van der Waals surface area contributed by atoms with Gasteiger partial charge in [-0.05, 0) is 19.4 Å². The van der Waals surface area contributed by atoms with Crippen LogP contribution in [-0.2, 0) is 9.59 Å². The summed E-state index contributed by atoms with van der Waals surface area (Å²) < 4.78 is 12.9. The van der Waals surface area contributed by atoms with Crippen molar-refractivity contribution >= 4 is 11.8 Å². The van der Waals surface area contributed by atoms with Gasteiger partial charge in [-0.2, -0.15) is 0 Å². The number of nitrogens with one attached hydrogen (secondary N) is 2. The van der Waals surface area contributed by atoms with Gasteiger partial charge in [0.1, 0.15) is 11.6 Å². The molecule has 0 spiro atoms. The van der Waals surface area contributed by atoms with Gasteiger partial charge in [0.15, 0.2) is 0 Å². The maximum absolute atomic E-state index is 12.9. The first-order chi connectivity index (χ1) is 8.97. The minimum Gasteiger partial charge on any atom is -0.508 e. The van der Waals surface area contributed by atoms with Crippen molar-refractivity contribution in [3.8, 4) is 5.75 Å². The van der Waals surface area contributed by atoms with Crippen LogP contribution in [0, 0.1) is 5.82 Å². The fourth-order valence-electron chi connectivity index (χ4n) is 2.13. The Morgan fingerprint density at radius 2 is 2.21 bits per heavy atom. The number of hydrogen-bond acceptors (Lipinski definition) is 4. The minimum atomic E-state index is -0.519. The predicted octanol–water partition coefficient (Wildman–Crippen LogP) is 0.987. The molecule has 1 saturated heterocycles. The summed E-state index contributed by atoms with van der Waals surface area (Å²) in [5.41, 5.74) is 0.506. The Bertz CT molecular complexity index is 519. The number of phenols is 1. The third-order valence-electron chi connectivity index (χ3n) is 3.15. The number of carbonyl (C=O) groups excluding carboxylic acids is 2. The van der Waals surface area contributed by atoms with Gasteiger partial charge in [-0.1, -0.05) is 6.07 Å². The molecule has 0 saturated carbocycles. The van der Waals surface area contributed by atoms with Crippen molar-refractivity contribution in [2.75, 3.05) is 0 Å². The number of rotatable bonds is 3. The smallest absolute Gasteiger partial charge is 0.243 e. The number of carbonyl (C=O) groups is 2. The Balaban J connectivity index is 2.06. The lowest BCUT2D eigenvalue weighted by Gasteiger charge is -2.26. The second kappa shape index (κ2) is 5.36. The van der Waals surface area contributed by atoms with Gasteiger partial charge in [0.2, 0.25) is 11.8 Å². The molecule has 19 heavy (non-hydrogen) atoms. The lowest BCUT2D eigenvalue weighted by atomic mass is 10.0. The molecule has 6 heteroatoms. The first kappa shape index (κ1) is 13.5. The largest absolute Gasteiger partial charge is 0.508 e. The van der Waals surface area contributed by atoms with Crippen LogP contribution >= 0.6 is 0 Å². The molecular formula is C13H15FN2O3. The highest BCUT2D eigenvalue weighted by Crippen LogP contribution is 2.25. The Labute approximate surface area is 109 Å². The van der Waals surface area contributed by atoms with E-state index in [0.717, 1.165) is 6.07 Å². The predicted molar refractivity (Wildman–Crippen MR) is 65.8 cm³/mol. The molecule has 1 aliphatic heterocycles. The van der Waals surface area contributed by atoms with E-state index >= 15 is 0 Å². The zero-order chi connectivity index (χ0) is 14.0. The lowest BCUT2D eigenvalue weighted by molar-refractivity contribution is -0.134. The first-order valence-corrected chi connectivity index (χ1v) is 6.05. The van der Waals surface area contributed by atoms with Crippen LogP contribution in [0.5, 0.6) is 5.75 Å². The van der Waals surface area contributed by atoms with E-state index in [1.807, 2.05) is 0 Å². The highest BCUT2D eigenvalue weighted by molar-refractivity contribution is 6.00. The van der Waals surface area contributed by atoms with E-state index in [-0.39, 0.29) is 30.0 Å². The number of aromatic hydroxyl groups is 1. The van der Waals surface area contributed by atoms with Gasteiger partial charge < -0.3 is 5.11 Å². The molecule has 1 aromatic rings. The molecule has 0 aliphatic carbocycles. The molecular weight excluding hydrogens is 251 g/mol. The second-order valence-corrected chi connectivity index (χ2v) is 4.60. The van der Waals surface area contributed by atoms with Gasteiger partial charge in [-0.15, -0.1) is 0 Å². The summed E-state index contributed by atoms with van der Waals surface area (Å²) in [6.07, 6.45) is 0.697. The molecule has 5 nitrogen and oxygen atoms in total. The van der Waals surface area contributed by atoms with E-state index in [1.165, 1.54) is 12.1 Å². The Morgan fingerprint density at radius 1 is 1.47 bits per heavy atom. The number of imide groups is 1. The molecule has 1 fully saturated rings. The summed E-state index contributed by atoms with van der Waals surface area (Å²) in [7, 11) is 0. The number of amides is 2. The normalized spacial score (nSPS) is 21.1. The van der Waals surface area contributed by atoms with E-state index < -0.39 is 11.9 Å². The van der Waals surface area contributed by atoms with Crippen molar-refractivity contribution in [1.82, 2.24) is 10.6 Å². The third kappa shape index (κ3) is 3.08. The highest BCUT2D eigenvalue weighted by atomic mass is 19.1. The SMILES string of the molecule is CC(NC1CCC(=O)NC1=O)c1ccc(F)cc1O. The topological polar surface area (TPSA) is 78.4 Å². The molecule has 0 radical (unpaired) electrons. The van der Waals surface area contributed by atoms with Crippen LogP contribution in [0.25, 0.3) is 0 Å². The zero-order valence-corrected chi connectivity index (χ0v) is 10.4. The lowest BCUT2D eigenvalue weighted by Crippen LogP contribution is -2.51. The second-order valence-electron chi connectivity index (χ2n) is 4.60. The molecule has 0 bridgehead atoms.